The van der Waals surface area contributed by atoms with Gasteiger partial charge < -0.3 is 10.4 Å². The highest BCUT2D eigenvalue weighted by Gasteiger charge is 2.22. The molecule has 1 heterocycles. The van der Waals surface area contributed by atoms with Crippen molar-refractivity contribution in [2.24, 2.45) is 5.92 Å². The lowest BCUT2D eigenvalue weighted by Crippen LogP contribution is -2.40. The van der Waals surface area contributed by atoms with Crippen LogP contribution in [0.1, 0.15) is 12.0 Å². The van der Waals surface area contributed by atoms with Crippen molar-refractivity contribution in [2.75, 3.05) is 13.1 Å². The van der Waals surface area contributed by atoms with Crippen LogP contribution in [-0.2, 0) is 6.42 Å². The first-order valence-corrected chi connectivity index (χ1v) is 5.29. The van der Waals surface area contributed by atoms with E-state index in [0.29, 0.717) is 5.92 Å². The number of benzene rings is 1. The lowest BCUT2D eigenvalue weighted by atomic mass is 9.90. The molecule has 0 amide bonds. The van der Waals surface area contributed by atoms with Gasteiger partial charge in [-0.3, -0.25) is 0 Å². The number of piperidine rings is 1. The molecule has 2 N–H and O–H groups in total. The predicted octanol–water partition coefficient (Wildman–Crippen LogP) is 1.62. The van der Waals surface area contributed by atoms with Gasteiger partial charge in [-0.2, -0.15) is 0 Å². The Morgan fingerprint density at radius 2 is 2.00 bits per heavy atom. The molecule has 1 fully saturated rings. The normalized spacial score (nSPS) is 25.7. The van der Waals surface area contributed by atoms with Crippen LogP contribution in [0.3, 0.4) is 0 Å². The van der Waals surface area contributed by atoms with Crippen LogP contribution in [0.15, 0.2) is 30.3 Å². The summed E-state index contributed by atoms with van der Waals surface area (Å²) in [5, 5.41) is 13.1. The van der Waals surface area contributed by atoms with Crippen molar-refractivity contribution in [2.45, 2.75) is 18.9 Å². The minimum absolute atomic E-state index is 0. The Labute approximate surface area is 97.1 Å². The molecule has 0 spiro atoms. The average molecular weight is 228 g/mol. The molecule has 0 saturated carbocycles. The Morgan fingerprint density at radius 3 is 2.67 bits per heavy atom. The molecule has 1 aromatic rings. The van der Waals surface area contributed by atoms with Crippen LogP contribution < -0.4 is 5.32 Å². The van der Waals surface area contributed by atoms with Crippen LogP contribution in [0, 0.1) is 5.92 Å². The van der Waals surface area contributed by atoms with Crippen molar-refractivity contribution in [3.8, 4) is 0 Å². The minimum atomic E-state index is -0.128. The SMILES string of the molecule is Cl.OC1CCNCC1Cc1ccccc1. The van der Waals surface area contributed by atoms with E-state index in [-0.39, 0.29) is 18.5 Å². The van der Waals surface area contributed by atoms with Crippen LogP contribution in [0.25, 0.3) is 0 Å². The number of nitrogens with one attached hydrogen (secondary N) is 1. The van der Waals surface area contributed by atoms with E-state index >= 15 is 0 Å². The van der Waals surface area contributed by atoms with Crippen LogP contribution in [-0.4, -0.2) is 24.3 Å². The van der Waals surface area contributed by atoms with E-state index in [2.05, 4.69) is 29.6 Å². The third-order valence-electron chi connectivity index (χ3n) is 2.91. The maximum atomic E-state index is 9.79. The second-order valence-electron chi connectivity index (χ2n) is 4.01. The Kier molecular flexibility index (Phi) is 5.09. The minimum Gasteiger partial charge on any atom is -0.393 e. The van der Waals surface area contributed by atoms with Gasteiger partial charge in [-0.1, -0.05) is 30.3 Å². The summed E-state index contributed by atoms with van der Waals surface area (Å²) in [6.07, 6.45) is 1.74. The number of hydrogen-bond acceptors (Lipinski definition) is 2. The second kappa shape index (κ2) is 6.11. The standard InChI is InChI=1S/C12H17NO.ClH/c14-12-6-7-13-9-11(12)8-10-4-2-1-3-5-10;/h1-5,11-14H,6-9H2;1H. The monoisotopic (exact) mass is 227 g/mol. The molecule has 0 aromatic heterocycles. The van der Waals surface area contributed by atoms with Crippen LogP contribution in [0.5, 0.6) is 0 Å². The molecule has 2 rings (SSSR count). The van der Waals surface area contributed by atoms with Gasteiger partial charge >= 0.3 is 0 Å². The molecular formula is C12H18ClNO. The Morgan fingerprint density at radius 1 is 1.27 bits per heavy atom. The van der Waals surface area contributed by atoms with Gasteiger partial charge in [0.05, 0.1) is 6.10 Å². The third kappa shape index (κ3) is 3.49. The third-order valence-corrected chi connectivity index (χ3v) is 2.91. The molecule has 2 atom stereocenters. The van der Waals surface area contributed by atoms with Gasteiger partial charge in [-0.25, -0.2) is 0 Å². The van der Waals surface area contributed by atoms with E-state index in [4.69, 9.17) is 0 Å². The molecule has 2 unspecified atom stereocenters. The van der Waals surface area contributed by atoms with Crippen molar-refractivity contribution < 1.29 is 5.11 Å². The zero-order chi connectivity index (χ0) is 9.80. The van der Waals surface area contributed by atoms with Crippen LogP contribution in [0.4, 0.5) is 0 Å². The largest absolute Gasteiger partial charge is 0.393 e. The molecule has 1 saturated heterocycles. The topological polar surface area (TPSA) is 32.3 Å². The number of hydrogen-bond donors (Lipinski definition) is 2. The summed E-state index contributed by atoms with van der Waals surface area (Å²) in [7, 11) is 0. The summed E-state index contributed by atoms with van der Waals surface area (Å²) in [5.74, 6) is 0.381. The van der Waals surface area contributed by atoms with E-state index in [1.54, 1.807) is 0 Å². The molecule has 15 heavy (non-hydrogen) atoms. The Hall–Kier alpha value is -0.570. The van der Waals surface area contributed by atoms with Gasteiger partial charge in [-0.15, -0.1) is 12.4 Å². The first-order chi connectivity index (χ1) is 6.86. The quantitative estimate of drug-likeness (QED) is 0.805. The van der Waals surface area contributed by atoms with E-state index < -0.39 is 0 Å². The van der Waals surface area contributed by atoms with Gasteiger partial charge in [0, 0.05) is 12.5 Å². The highest BCUT2D eigenvalue weighted by molar-refractivity contribution is 5.85. The smallest absolute Gasteiger partial charge is 0.0595 e. The first kappa shape index (κ1) is 12.5. The Bertz CT molecular complexity index is 278. The van der Waals surface area contributed by atoms with Gasteiger partial charge in [-0.05, 0) is 24.9 Å². The lowest BCUT2D eigenvalue weighted by Gasteiger charge is -2.28. The molecule has 1 aliphatic rings. The fraction of sp³-hybridized carbons (Fsp3) is 0.500. The number of aliphatic hydroxyl groups excluding tert-OH is 1. The molecule has 0 radical (unpaired) electrons. The summed E-state index contributed by atoms with van der Waals surface area (Å²) in [4.78, 5) is 0. The van der Waals surface area contributed by atoms with Crippen molar-refractivity contribution in [3.63, 3.8) is 0 Å². The molecule has 1 aromatic carbocycles. The summed E-state index contributed by atoms with van der Waals surface area (Å²) < 4.78 is 0. The van der Waals surface area contributed by atoms with E-state index in [1.165, 1.54) is 5.56 Å². The first-order valence-electron chi connectivity index (χ1n) is 5.29. The van der Waals surface area contributed by atoms with Crippen molar-refractivity contribution in [3.05, 3.63) is 35.9 Å². The average Bonchev–Trinajstić information content (AvgIpc) is 2.23. The molecular weight excluding hydrogens is 210 g/mol. The number of rotatable bonds is 2. The van der Waals surface area contributed by atoms with Crippen molar-refractivity contribution >= 4 is 12.4 Å². The second-order valence-corrected chi connectivity index (χ2v) is 4.01. The summed E-state index contributed by atoms with van der Waals surface area (Å²) >= 11 is 0. The maximum absolute atomic E-state index is 9.79. The molecule has 3 heteroatoms. The molecule has 84 valence electrons. The van der Waals surface area contributed by atoms with Gasteiger partial charge in [0.15, 0.2) is 0 Å². The van der Waals surface area contributed by atoms with Crippen molar-refractivity contribution in [1.82, 2.24) is 5.32 Å². The highest BCUT2D eigenvalue weighted by atomic mass is 35.5. The zero-order valence-corrected chi connectivity index (χ0v) is 9.54. The number of aliphatic hydroxyl groups is 1. The maximum Gasteiger partial charge on any atom is 0.0595 e. The van der Waals surface area contributed by atoms with Gasteiger partial charge in [0.1, 0.15) is 0 Å². The molecule has 0 bridgehead atoms. The van der Waals surface area contributed by atoms with Gasteiger partial charge in [0.25, 0.3) is 0 Å². The summed E-state index contributed by atoms with van der Waals surface area (Å²) in [6.45, 7) is 1.89. The van der Waals surface area contributed by atoms with E-state index in [1.807, 2.05) is 6.07 Å². The lowest BCUT2D eigenvalue weighted by molar-refractivity contribution is 0.0791. The van der Waals surface area contributed by atoms with E-state index in [9.17, 15) is 5.11 Å². The predicted molar refractivity (Wildman–Crippen MR) is 64.4 cm³/mol. The van der Waals surface area contributed by atoms with Crippen LogP contribution in [0.2, 0.25) is 0 Å². The fourth-order valence-corrected chi connectivity index (χ4v) is 2.03. The number of halogens is 1. The Balaban J connectivity index is 0.00000112. The highest BCUT2D eigenvalue weighted by Crippen LogP contribution is 2.16. The molecule has 0 aliphatic carbocycles. The van der Waals surface area contributed by atoms with Gasteiger partial charge in [0.2, 0.25) is 0 Å². The van der Waals surface area contributed by atoms with E-state index in [0.717, 1.165) is 25.9 Å². The van der Waals surface area contributed by atoms with Crippen LogP contribution >= 0.6 is 12.4 Å². The summed E-state index contributed by atoms with van der Waals surface area (Å²) in [6, 6.07) is 10.4. The summed E-state index contributed by atoms with van der Waals surface area (Å²) in [5.41, 5.74) is 1.32. The fourth-order valence-electron chi connectivity index (χ4n) is 2.03. The molecule has 2 nitrogen and oxygen atoms in total. The zero-order valence-electron chi connectivity index (χ0n) is 8.73. The molecule has 1 aliphatic heterocycles. The van der Waals surface area contributed by atoms with Crippen molar-refractivity contribution in [1.29, 1.82) is 0 Å².